The maximum absolute atomic E-state index is 3.87. The minimum absolute atomic E-state index is 0.478. The molecule has 1 aliphatic rings. The average molecular weight is 287 g/mol. The first-order chi connectivity index (χ1) is 9.72. The number of hydrogen-bond acceptors (Lipinski definition) is 2. The summed E-state index contributed by atoms with van der Waals surface area (Å²) in [5, 5.41) is 5.25. The second-order valence-corrected chi connectivity index (χ2v) is 7.50. The first-order valence-corrected chi connectivity index (χ1v) is 8.78. The number of nitrogens with one attached hydrogen (secondary N) is 1. The van der Waals surface area contributed by atoms with Crippen LogP contribution in [0.4, 0.5) is 0 Å². The molecule has 2 aromatic rings. The Labute approximate surface area is 126 Å². The summed E-state index contributed by atoms with van der Waals surface area (Å²) >= 11 is 1.94. The van der Waals surface area contributed by atoms with Crippen molar-refractivity contribution in [2.75, 3.05) is 0 Å². The summed E-state index contributed by atoms with van der Waals surface area (Å²) in [6, 6.07) is 12.2. The molecule has 1 fully saturated rings. The molecule has 2 heteroatoms. The SMILES string of the molecule is CC1CCCC(NC(C)c2cc3ccccc3s2)CC1. The molecule has 1 aliphatic carbocycles. The highest BCUT2D eigenvalue weighted by atomic mass is 32.1. The third kappa shape index (κ3) is 3.24. The quantitative estimate of drug-likeness (QED) is 0.733. The van der Waals surface area contributed by atoms with E-state index < -0.39 is 0 Å². The van der Waals surface area contributed by atoms with Gasteiger partial charge in [-0.1, -0.05) is 38.0 Å². The molecular formula is C18H25NS. The molecule has 0 radical (unpaired) electrons. The lowest BCUT2D eigenvalue weighted by Gasteiger charge is -2.21. The summed E-state index contributed by atoms with van der Waals surface area (Å²) in [4.78, 5) is 1.48. The van der Waals surface area contributed by atoms with Crippen LogP contribution in [0.15, 0.2) is 30.3 Å². The number of benzene rings is 1. The molecule has 1 aromatic carbocycles. The van der Waals surface area contributed by atoms with Crippen molar-refractivity contribution in [3.63, 3.8) is 0 Å². The van der Waals surface area contributed by atoms with Gasteiger partial charge in [-0.25, -0.2) is 0 Å². The van der Waals surface area contributed by atoms with E-state index in [1.54, 1.807) is 0 Å². The third-order valence-electron chi connectivity index (χ3n) is 4.61. The molecule has 3 rings (SSSR count). The second kappa shape index (κ2) is 6.28. The minimum Gasteiger partial charge on any atom is -0.307 e. The molecular weight excluding hydrogens is 262 g/mol. The van der Waals surface area contributed by atoms with E-state index in [9.17, 15) is 0 Å². The van der Waals surface area contributed by atoms with E-state index in [1.165, 1.54) is 47.1 Å². The highest BCUT2D eigenvalue weighted by Crippen LogP contribution is 2.31. The predicted octanol–water partition coefficient (Wildman–Crippen LogP) is 5.52. The van der Waals surface area contributed by atoms with Crippen LogP contribution in [-0.4, -0.2) is 6.04 Å². The van der Waals surface area contributed by atoms with Gasteiger partial charge in [-0.3, -0.25) is 0 Å². The molecule has 1 nitrogen and oxygen atoms in total. The van der Waals surface area contributed by atoms with Gasteiger partial charge < -0.3 is 5.32 Å². The number of hydrogen-bond donors (Lipinski definition) is 1. The Morgan fingerprint density at radius 1 is 1.15 bits per heavy atom. The highest BCUT2D eigenvalue weighted by molar-refractivity contribution is 7.19. The van der Waals surface area contributed by atoms with Crippen molar-refractivity contribution in [3.8, 4) is 0 Å². The molecule has 1 saturated carbocycles. The van der Waals surface area contributed by atoms with Gasteiger partial charge in [0.15, 0.2) is 0 Å². The average Bonchev–Trinajstić information content (AvgIpc) is 2.78. The van der Waals surface area contributed by atoms with Gasteiger partial charge in [-0.15, -0.1) is 11.3 Å². The maximum atomic E-state index is 3.87. The monoisotopic (exact) mass is 287 g/mol. The Balaban J connectivity index is 1.67. The Morgan fingerprint density at radius 3 is 2.85 bits per heavy atom. The van der Waals surface area contributed by atoms with Crippen molar-refractivity contribution in [2.24, 2.45) is 5.92 Å². The molecule has 1 aromatic heterocycles. The van der Waals surface area contributed by atoms with Gasteiger partial charge in [0.2, 0.25) is 0 Å². The van der Waals surface area contributed by atoms with E-state index in [-0.39, 0.29) is 0 Å². The van der Waals surface area contributed by atoms with E-state index in [0.29, 0.717) is 12.1 Å². The molecule has 1 heterocycles. The van der Waals surface area contributed by atoms with Gasteiger partial charge in [-0.05, 0) is 49.6 Å². The molecule has 3 atom stereocenters. The number of thiophene rings is 1. The molecule has 20 heavy (non-hydrogen) atoms. The van der Waals surface area contributed by atoms with Crippen LogP contribution in [0.25, 0.3) is 10.1 Å². The van der Waals surface area contributed by atoms with Crippen LogP contribution in [-0.2, 0) is 0 Å². The van der Waals surface area contributed by atoms with Crippen molar-refractivity contribution < 1.29 is 0 Å². The summed E-state index contributed by atoms with van der Waals surface area (Å²) in [5.74, 6) is 0.918. The van der Waals surface area contributed by atoms with E-state index in [1.807, 2.05) is 11.3 Å². The normalized spacial score (nSPS) is 25.5. The van der Waals surface area contributed by atoms with Gasteiger partial charge in [0.05, 0.1) is 0 Å². The highest BCUT2D eigenvalue weighted by Gasteiger charge is 2.19. The molecule has 108 valence electrons. The smallest absolute Gasteiger partial charge is 0.0388 e. The summed E-state index contributed by atoms with van der Waals surface area (Å²) in [7, 11) is 0. The minimum atomic E-state index is 0.478. The van der Waals surface area contributed by atoms with Crippen molar-refractivity contribution in [3.05, 3.63) is 35.2 Å². The topological polar surface area (TPSA) is 12.0 Å². The Hall–Kier alpha value is -0.860. The number of fused-ring (bicyclic) bond motifs is 1. The molecule has 0 amide bonds. The van der Waals surface area contributed by atoms with Crippen molar-refractivity contribution in [1.29, 1.82) is 0 Å². The fraction of sp³-hybridized carbons (Fsp3) is 0.556. The fourth-order valence-electron chi connectivity index (χ4n) is 3.31. The second-order valence-electron chi connectivity index (χ2n) is 6.39. The summed E-state index contributed by atoms with van der Waals surface area (Å²) in [6.07, 6.45) is 6.88. The van der Waals surface area contributed by atoms with Gasteiger partial charge in [0.25, 0.3) is 0 Å². The summed E-state index contributed by atoms with van der Waals surface area (Å²) < 4.78 is 1.41. The standard InChI is InChI=1S/C18H25NS/c1-13-6-5-8-16(11-10-13)19-14(2)18-12-15-7-3-4-9-17(15)20-18/h3-4,7,9,12-14,16,19H,5-6,8,10-11H2,1-2H3. The lowest BCUT2D eigenvalue weighted by Crippen LogP contribution is -2.30. The van der Waals surface area contributed by atoms with E-state index >= 15 is 0 Å². The van der Waals surface area contributed by atoms with Crippen LogP contribution in [0.2, 0.25) is 0 Å². The van der Waals surface area contributed by atoms with Gasteiger partial charge >= 0.3 is 0 Å². The van der Waals surface area contributed by atoms with Crippen molar-refractivity contribution in [2.45, 2.75) is 58.0 Å². The van der Waals surface area contributed by atoms with Gasteiger partial charge in [0, 0.05) is 21.7 Å². The van der Waals surface area contributed by atoms with Crippen LogP contribution >= 0.6 is 11.3 Å². The van der Waals surface area contributed by atoms with Gasteiger partial charge in [-0.2, -0.15) is 0 Å². The largest absolute Gasteiger partial charge is 0.307 e. The van der Waals surface area contributed by atoms with Crippen LogP contribution < -0.4 is 5.32 Å². The first-order valence-electron chi connectivity index (χ1n) is 7.97. The van der Waals surface area contributed by atoms with Crippen molar-refractivity contribution in [1.82, 2.24) is 5.32 Å². The fourth-order valence-corrected chi connectivity index (χ4v) is 4.38. The van der Waals surface area contributed by atoms with E-state index in [2.05, 4.69) is 49.5 Å². The van der Waals surface area contributed by atoms with Crippen LogP contribution in [0.1, 0.15) is 56.9 Å². The van der Waals surface area contributed by atoms with Crippen molar-refractivity contribution >= 4 is 21.4 Å². The lowest BCUT2D eigenvalue weighted by molar-refractivity contribution is 0.411. The third-order valence-corrected chi connectivity index (χ3v) is 5.91. The van der Waals surface area contributed by atoms with E-state index in [4.69, 9.17) is 0 Å². The predicted molar refractivity (Wildman–Crippen MR) is 89.4 cm³/mol. The Morgan fingerprint density at radius 2 is 2.00 bits per heavy atom. The van der Waals surface area contributed by atoms with Crippen LogP contribution in [0, 0.1) is 5.92 Å². The molecule has 0 bridgehead atoms. The zero-order valence-corrected chi connectivity index (χ0v) is 13.4. The molecule has 0 saturated heterocycles. The first kappa shape index (κ1) is 14.1. The van der Waals surface area contributed by atoms with Gasteiger partial charge in [0.1, 0.15) is 0 Å². The molecule has 0 spiro atoms. The Kier molecular flexibility index (Phi) is 4.42. The van der Waals surface area contributed by atoms with E-state index in [0.717, 1.165) is 5.92 Å². The molecule has 3 unspecified atom stereocenters. The van der Waals surface area contributed by atoms with Crippen LogP contribution in [0.5, 0.6) is 0 Å². The summed E-state index contributed by atoms with van der Waals surface area (Å²) in [5.41, 5.74) is 0. The lowest BCUT2D eigenvalue weighted by atomic mass is 10.0. The zero-order valence-electron chi connectivity index (χ0n) is 12.6. The summed E-state index contributed by atoms with van der Waals surface area (Å²) in [6.45, 7) is 4.72. The zero-order chi connectivity index (χ0) is 13.9. The molecule has 1 N–H and O–H groups in total. The Bertz CT molecular complexity index is 526. The molecule has 0 aliphatic heterocycles. The van der Waals surface area contributed by atoms with Crippen LogP contribution in [0.3, 0.4) is 0 Å². The maximum Gasteiger partial charge on any atom is 0.0388 e. The number of rotatable bonds is 3.